The predicted octanol–water partition coefficient (Wildman–Crippen LogP) is 2.31. The lowest BCUT2D eigenvalue weighted by Crippen LogP contribution is -2.47. The molecular formula is C21H32N6O. The van der Waals surface area contributed by atoms with Gasteiger partial charge in [-0.2, -0.15) is 5.10 Å². The molecule has 0 radical (unpaired) electrons. The van der Waals surface area contributed by atoms with E-state index in [-0.39, 0.29) is 6.04 Å². The van der Waals surface area contributed by atoms with Gasteiger partial charge < -0.3 is 15.7 Å². The molecule has 3 rings (SSSR count). The number of nitrogens with one attached hydrogen (secondary N) is 2. The zero-order valence-corrected chi connectivity index (χ0v) is 17.3. The van der Waals surface area contributed by atoms with Gasteiger partial charge in [-0.25, -0.2) is 9.67 Å². The van der Waals surface area contributed by atoms with E-state index >= 15 is 0 Å². The second-order valence-corrected chi connectivity index (χ2v) is 7.75. The lowest BCUT2D eigenvalue weighted by molar-refractivity contribution is 0.187. The van der Waals surface area contributed by atoms with Gasteiger partial charge in [-0.1, -0.05) is 43.7 Å². The average Bonchev–Trinajstić information content (AvgIpc) is 3.10. The molecule has 1 aliphatic rings. The number of nitrogens with zero attached hydrogens (tertiary/aromatic N) is 4. The minimum atomic E-state index is -0.613. The number of aliphatic imine (C=N–C) groups is 1. The van der Waals surface area contributed by atoms with E-state index in [0.29, 0.717) is 12.5 Å². The summed E-state index contributed by atoms with van der Waals surface area (Å²) in [6, 6.07) is 8.16. The van der Waals surface area contributed by atoms with Crippen LogP contribution in [-0.4, -0.2) is 45.0 Å². The number of hydrogen-bond donors (Lipinski definition) is 3. The number of aromatic nitrogens is 3. The quantitative estimate of drug-likeness (QED) is 0.525. The van der Waals surface area contributed by atoms with Crippen LogP contribution < -0.4 is 10.6 Å². The molecule has 0 saturated carbocycles. The van der Waals surface area contributed by atoms with Crippen LogP contribution in [0, 0.1) is 6.92 Å². The highest BCUT2D eigenvalue weighted by atomic mass is 16.3. The molecule has 3 N–H and O–H groups in total. The van der Waals surface area contributed by atoms with Crippen LogP contribution in [0.15, 0.2) is 29.3 Å². The average molecular weight is 385 g/mol. The minimum absolute atomic E-state index is 0.239. The number of aliphatic hydroxyl groups is 1. The van der Waals surface area contributed by atoms with E-state index in [0.717, 1.165) is 49.1 Å². The number of guanidine groups is 1. The Morgan fingerprint density at radius 1 is 1.32 bits per heavy atom. The molecule has 152 valence electrons. The molecule has 2 heterocycles. The normalized spacial score (nSPS) is 18.1. The third kappa shape index (κ3) is 5.10. The van der Waals surface area contributed by atoms with Crippen molar-refractivity contribution in [2.24, 2.45) is 4.99 Å². The Kier molecular flexibility index (Phi) is 6.67. The largest absolute Gasteiger partial charge is 0.386 e. The first kappa shape index (κ1) is 20.3. The Hall–Kier alpha value is -2.41. The number of rotatable bonds is 6. The van der Waals surface area contributed by atoms with E-state index in [4.69, 9.17) is 0 Å². The predicted molar refractivity (Wildman–Crippen MR) is 111 cm³/mol. The topological polar surface area (TPSA) is 87.4 Å². The molecule has 28 heavy (non-hydrogen) atoms. The fourth-order valence-corrected chi connectivity index (χ4v) is 3.28. The van der Waals surface area contributed by atoms with Crippen molar-refractivity contribution in [2.75, 3.05) is 13.1 Å². The SMILES string of the molecule is CCNC(=NCC(O)c1ccc(C)cc1)NC1CCc2nc(C(C)C)nn2C1. The van der Waals surface area contributed by atoms with Crippen LogP contribution in [0.25, 0.3) is 0 Å². The summed E-state index contributed by atoms with van der Waals surface area (Å²) in [6.07, 6.45) is 1.28. The molecule has 1 aliphatic heterocycles. The van der Waals surface area contributed by atoms with E-state index in [1.165, 1.54) is 5.56 Å². The van der Waals surface area contributed by atoms with Crippen molar-refractivity contribution in [3.8, 4) is 0 Å². The molecular weight excluding hydrogens is 352 g/mol. The van der Waals surface area contributed by atoms with Gasteiger partial charge in [0.2, 0.25) is 0 Å². The Balaban J connectivity index is 1.62. The molecule has 2 atom stereocenters. The Morgan fingerprint density at radius 2 is 2.07 bits per heavy atom. The van der Waals surface area contributed by atoms with Gasteiger partial charge in [-0.15, -0.1) is 0 Å². The fourth-order valence-electron chi connectivity index (χ4n) is 3.28. The Morgan fingerprint density at radius 3 is 2.75 bits per heavy atom. The monoisotopic (exact) mass is 384 g/mol. The first-order valence-electron chi connectivity index (χ1n) is 10.2. The zero-order valence-electron chi connectivity index (χ0n) is 17.3. The summed E-state index contributed by atoms with van der Waals surface area (Å²) in [4.78, 5) is 9.24. The van der Waals surface area contributed by atoms with E-state index < -0.39 is 6.10 Å². The van der Waals surface area contributed by atoms with E-state index in [1.807, 2.05) is 42.8 Å². The lowest BCUT2D eigenvalue weighted by Gasteiger charge is -2.25. The molecule has 0 aliphatic carbocycles. The summed E-state index contributed by atoms with van der Waals surface area (Å²) in [5.41, 5.74) is 2.07. The lowest BCUT2D eigenvalue weighted by atomic mass is 10.1. The number of benzene rings is 1. The van der Waals surface area contributed by atoms with Gasteiger partial charge in [0.05, 0.1) is 19.2 Å². The standard InChI is InChI=1S/C21H32N6O/c1-5-22-21(23-12-18(28)16-8-6-15(4)7-9-16)24-17-10-11-19-25-20(14(2)3)26-27(19)13-17/h6-9,14,17-18,28H,5,10-13H2,1-4H3,(H2,22,23,24). The first-order chi connectivity index (χ1) is 13.5. The Labute approximate surface area is 167 Å². The number of aliphatic hydroxyl groups excluding tert-OH is 1. The van der Waals surface area contributed by atoms with Crippen LogP contribution >= 0.6 is 0 Å². The molecule has 0 amide bonds. The highest BCUT2D eigenvalue weighted by Gasteiger charge is 2.23. The van der Waals surface area contributed by atoms with E-state index in [1.54, 1.807) is 0 Å². The third-order valence-electron chi connectivity index (χ3n) is 4.96. The molecule has 7 heteroatoms. The highest BCUT2D eigenvalue weighted by Crippen LogP contribution is 2.17. The maximum atomic E-state index is 10.4. The summed E-state index contributed by atoms with van der Waals surface area (Å²) in [6.45, 7) is 10.2. The smallest absolute Gasteiger partial charge is 0.191 e. The van der Waals surface area contributed by atoms with Crippen LogP contribution in [0.3, 0.4) is 0 Å². The maximum absolute atomic E-state index is 10.4. The van der Waals surface area contributed by atoms with Crippen LogP contribution in [0.2, 0.25) is 0 Å². The molecule has 1 aromatic carbocycles. The van der Waals surface area contributed by atoms with Gasteiger partial charge >= 0.3 is 0 Å². The second-order valence-electron chi connectivity index (χ2n) is 7.75. The van der Waals surface area contributed by atoms with Crippen LogP contribution in [0.1, 0.15) is 62.0 Å². The second kappa shape index (κ2) is 9.19. The molecule has 0 spiro atoms. The maximum Gasteiger partial charge on any atom is 0.191 e. The minimum Gasteiger partial charge on any atom is -0.386 e. The van der Waals surface area contributed by atoms with Crippen molar-refractivity contribution in [2.45, 2.75) is 65.1 Å². The van der Waals surface area contributed by atoms with Crippen LogP contribution in [0.4, 0.5) is 0 Å². The number of hydrogen-bond acceptors (Lipinski definition) is 4. The first-order valence-corrected chi connectivity index (χ1v) is 10.2. The van der Waals surface area contributed by atoms with E-state index in [2.05, 4.69) is 39.6 Å². The van der Waals surface area contributed by atoms with Crippen molar-refractivity contribution < 1.29 is 5.11 Å². The number of fused-ring (bicyclic) bond motifs is 1. The molecule has 1 aromatic heterocycles. The molecule has 7 nitrogen and oxygen atoms in total. The van der Waals surface area contributed by atoms with Crippen molar-refractivity contribution >= 4 is 5.96 Å². The van der Waals surface area contributed by atoms with Gasteiger partial charge in [-0.3, -0.25) is 4.99 Å². The summed E-state index contributed by atoms with van der Waals surface area (Å²) in [5, 5.41) is 21.8. The molecule has 0 saturated heterocycles. The summed E-state index contributed by atoms with van der Waals surface area (Å²) >= 11 is 0. The molecule has 0 fully saturated rings. The van der Waals surface area contributed by atoms with Gasteiger partial charge in [0.25, 0.3) is 0 Å². The van der Waals surface area contributed by atoms with Gasteiger partial charge in [-0.05, 0) is 25.8 Å². The number of aryl methyl sites for hydroxylation is 2. The Bertz CT molecular complexity index is 796. The highest BCUT2D eigenvalue weighted by molar-refractivity contribution is 5.80. The van der Waals surface area contributed by atoms with Crippen molar-refractivity contribution in [3.05, 3.63) is 47.0 Å². The summed E-state index contributed by atoms with van der Waals surface area (Å²) in [7, 11) is 0. The molecule has 2 aromatic rings. The zero-order chi connectivity index (χ0) is 20.1. The fraction of sp³-hybridized carbons (Fsp3) is 0.571. The molecule has 0 bridgehead atoms. The summed E-state index contributed by atoms with van der Waals surface area (Å²) < 4.78 is 2.02. The van der Waals surface area contributed by atoms with Crippen molar-refractivity contribution in [1.82, 2.24) is 25.4 Å². The van der Waals surface area contributed by atoms with E-state index in [9.17, 15) is 5.11 Å². The van der Waals surface area contributed by atoms with Crippen LogP contribution in [-0.2, 0) is 13.0 Å². The molecule has 2 unspecified atom stereocenters. The summed E-state index contributed by atoms with van der Waals surface area (Å²) in [5.74, 6) is 3.05. The van der Waals surface area contributed by atoms with Crippen molar-refractivity contribution in [3.63, 3.8) is 0 Å². The van der Waals surface area contributed by atoms with Gasteiger partial charge in [0.1, 0.15) is 5.82 Å². The van der Waals surface area contributed by atoms with Crippen LogP contribution in [0.5, 0.6) is 0 Å². The third-order valence-corrected chi connectivity index (χ3v) is 4.96. The van der Waals surface area contributed by atoms with Gasteiger partial charge in [0, 0.05) is 24.9 Å². The van der Waals surface area contributed by atoms with Crippen molar-refractivity contribution in [1.29, 1.82) is 0 Å². The van der Waals surface area contributed by atoms with Gasteiger partial charge in [0.15, 0.2) is 11.8 Å².